The van der Waals surface area contributed by atoms with Gasteiger partial charge >= 0.3 is 90.8 Å². The summed E-state index contributed by atoms with van der Waals surface area (Å²) in [5, 5.41) is 1.91. The summed E-state index contributed by atoms with van der Waals surface area (Å²) in [6.07, 6.45) is 4.52. The van der Waals surface area contributed by atoms with E-state index in [1.807, 2.05) is 23.0 Å². The Labute approximate surface area is 90.8 Å². The molecule has 0 radical (unpaired) electrons. The second kappa shape index (κ2) is 3.89. The third-order valence-corrected chi connectivity index (χ3v) is 4.65. The van der Waals surface area contributed by atoms with Crippen molar-refractivity contribution in [1.82, 2.24) is 4.98 Å². The van der Waals surface area contributed by atoms with Crippen LogP contribution in [0.2, 0.25) is 4.71 Å². The zero-order valence-corrected chi connectivity index (χ0v) is 10.7. The Morgan fingerprint density at radius 3 is 2.77 bits per heavy atom. The number of rotatable bonds is 1. The third kappa shape index (κ3) is 2.17. The van der Waals surface area contributed by atoms with Gasteiger partial charge in [-0.1, -0.05) is 0 Å². The second-order valence-electron chi connectivity index (χ2n) is 3.36. The molecule has 2 rings (SSSR count). The quantitative estimate of drug-likeness (QED) is 0.757. The van der Waals surface area contributed by atoms with Gasteiger partial charge in [-0.05, 0) is 0 Å². The van der Waals surface area contributed by atoms with Crippen molar-refractivity contribution in [2.45, 2.75) is 17.5 Å². The molecule has 0 saturated carbocycles. The van der Waals surface area contributed by atoms with Crippen molar-refractivity contribution in [2.75, 3.05) is 23.7 Å². The van der Waals surface area contributed by atoms with Gasteiger partial charge in [0.05, 0.1) is 0 Å². The summed E-state index contributed by atoms with van der Waals surface area (Å²) in [5.41, 5.74) is 5.60. The van der Waals surface area contributed by atoms with E-state index in [0.29, 0.717) is 5.13 Å². The van der Waals surface area contributed by atoms with Crippen molar-refractivity contribution in [3.63, 3.8) is 0 Å². The van der Waals surface area contributed by atoms with Crippen LogP contribution in [0, 0.1) is 0 Å². The van der Waals surface area contributed by atoms with Gasteiger partial charge in [0.1, 0.15) is 0 Å². The minimum atomic E-state index is 0.679. The van der Waals surface area contributed by atoms with Crippen molar-refractivity contribution >= 4 is 38.3 Å². The fourth-order valence-electron chi connectivity index (χ4n) is 1.54. The van der Waals surface area contributed by atoms with Gasteiger partial charge in [0.15, 0.2) is 0 Å². The van der Waals surface area contributed by atoms with E-state index in [4.69, 9.17) is 5.73 Å². The van der Waals surface area contributed by atoms with E-state index in [1.54, 1.807) is 11.3 Å². The molecule has 0 spiro atoms. The van der Waals surface area contributed by atoms with Gasteiger partial charge in [0.25, 0.3) is 0 Å². The van der Waals surface area contributed by atoms with Crippen LogP contribution in [0.5, 0.6) is 0 Å². The Kier molecular flexibility index (Phi) is 2.79. The number of anilines is 2. The molecule has 1 atom stereocenters. The maximum absolute atomic E-state index is 5.60. The molecule has 2 N–H and O–H groups in total. The summed E-state index contributed by atoms with van der Waals surface area (Å²) >= 11 is 3.47. The molecule has 2 heterocycles. The molecule has 3 nitrogen and oxygen atoms in total. The number of nitrogen functional groups attached to an aromatic ring is 1. The molecule has 0 amide bonds. The molecule has 1 unspecified atom stereocenters. The van der Waals surface area contributed by atoms with Crippen molar-refractivity contribution in [3.8, 4) is 0 Å². The average molecular weight is 259 g/mol. The predicted molar refractivity (Wildman–Crippen MR) is 60.3 cm³/mol. The molecule has 1 saturated heterocycles. The first-order chi connectivity index (χ1) is 6.25. The van der Waals surface area contributed by atoms with Gasteiger partial charge in [-0.3, -0.25) is 0 Å². The van der Waals surface area contributed by atoms with Crippen LogP contribution in [0.25, 0.3) is 0 Å². The summed E-state index contributed by atoms with van der Waals surface area (Å²) in [6.45, 7) is 2.34. The van der Waals surface area contributed by atoms with Gasteiger partial charge in [-0.2, -0.15) is 0 Å². The fraction of sp³-hybridized carbons (Fsp3) is 0.625. The molecule has 1 aliphatic heterocycles. The molecule has 0 aliphatic carbocycles. The Balaban J connectivity index is 2.02. The van der Waals surface area contributed by atoms with Crippen LogP contribution in [0.3, 0.4) is 0 Å². The molecule has 1 fully saturated rings. The molecule has 72 valence electrons. The summed E-state index contributed by atoms with van der Waals surface area (Å²) in [6, 6.07) is 0. The number of hydrogen-bond acceptors (Lipinski definition) is 4. The van der Waals surface area contributed by atoms with Gasteiger partial charge in [-0.25, -0.2) is 0 Å². The van der Waals surface area contributed by atoms with Gasteiger partial charge in [0.2, 0.25) is 0 Å². The van der Waals surface area contributed by atoms with E-state index in [9.17, 15) is 0 Å². The Bertz CT molecular complexity index is 281. The average Bonchev–Trinajstić information content (AvgIpc) is 2.53. The van der Waals surface area contributed by atoms with Gasteiger partial charge in [0, 0.05) is 0 Å². The SMILES string of the molecule is Nc1ncc(N2CCC([AsH2])CC2)s1. The van der Waals surface area contributed by atoms with E-state index >= 15 is 0 Å². The molecule has 0 aromatic carbocycles. The maximum atomic E-state index is 5.60. The first-order valence-corrected chi connectivity index (χ1v) is 6.69. The number of hydrogen-bond donors (Lipinski definition) is 1. The molecular formula is C8H14AsN3S. The first kappa shape index (κ1) is 9.35. The molecule has 1 aromatic heterocycles. The molecule has 13 heavy (non-hydrogen) atoms. The summed E-state index contributed by atoms with van der Waals surface area (Å²) in [4.78, 5) is 6.46. The summed E-state index contributed by atoms with van der Waals surface area (Å²) in [5.74, 6) is 0. The molecule has 1 aliphatic rings. The number of aromatic nitrogens is 1. The van der Waals surface area contributed by atoms with Gasteiger partial charge < -0.3 is 0 Å². The Morgan fingerprint density at radius 1 is 1.54 bits per heavy atom. The van der Waals surface area contributed by atoms with Gasteiger partial charge in [-0.15, -0.1) is 0 Å². The predicted octanol–water partition coefficient (Wildman–Crippen LogP) is 0.747. The minimum absolute atomic E-state index is 0.679. The number of thiazole rings is 1. The number of piperidine rings is 1. The zero-order valence-electron chi connectivity index (χ0n) is 7.44. The summed E-state index contributed by atoms with van der Waals surface area (Å²) < 4.78 is 0.939. The van der Waals surface area contributed by atoms with E-state index in [1.165, 1.54) is 30.9 Å². The second-order valence-corrected chi connectivity index (χ2v) is 6.38. The van der Waals surface area contributed by atoms with Crippen LogP contribution >= 0.6 is 11.3 Å². The van der Waals surface area contributed by atoms with Crippen LogP contribution in [0.4, 0.5) is 10.1 Å². The van der Waals surface area contributed by atoms with E-state index < -0.39 is 0 Å². The van der Waals surface area contributed by atoms with E-state index in [-0.39, 0.29) is 0 Å². The Hall–Kier alpha value is -0.212. The molecule has 0 bridgehead atoms. The number of nitrogens with zero attached hydrogens (tertiary/aromatic N) is 2. The monoisotopic (exact) mass is 259 g/mol. The van der Waals surface area contributed by atoms with E-state index in [0.717, 1.165) is 4.71 Å². The first-order valence-electron chi connectivity index (χ1n) is 4.47. The van der Waals surface area contributed by atoms with Crippen molar-refractivity contribution in [3.05, 3.63) is 6.20 Å². The Morgan fingerprint density at radius 2 is 2.23 bits per heavy atom. The zero-order chi connectivity index (χ0) is 9.26. The number of nitrogens with two attached hydrogens (primary N) is 1. The van der Waals surface area contributed by atoms with Crippen molar-refractivity contribution in [1.29, 1.82) is 0 Å². The van der Waals surface area contributed by atoms with Crippen LogP contribution in [-0.2, 0) is 0 Å². The van der Waals surface area contributed by atoms with Crippen LogP contribution in [-0.4, -0.2) is 34.9 Å². The van der Waals surface area contributed by atoms with Crippen molar-refractivity contribution < 1.29 is 0 Å². The fourth-order valence-corrected chi connectivity index (χ4v) is 2.91. The topological polar surface area (TPSA) is 42.1 Å². The standard InChI is InChI=1S/C8H14AsN3S/c9-6-1-3-12(4-2-6)7-5-11-8(10)13-7/h5-6H,1-4,9H2,(H2,10,11). The van der Waals surface area contributed by atoms with Crippen LogP contribution in [0.15, 0.2) is 6.20 Å². The molecule has 5 heteroatoms. The molecule has 1 aromatic rings. The van der Waals surface area contributed by atoms with E-state index in [2.05, 4.69) is 9.88 Å². The van der Waals surface area contributed by atoms with Crippen LogP contribution < -0.4 is 10.6 Å². The normalized spacial score (nSPS) is 19.3. The third-order valence-electron chi connectivity index (χ3n) is 2.36. The van der Waals surface area contributed by atoms with Crippen LogP contribution in [0.1, 0.15) is 12.8 Å². The van der Waals surface area contributed by atoms with Crippen molar-refractivity contribution in [2.24, 2.45) is 0 Å². The molecular weight excluding hydrogens is 245 g/mol. The summed E-state index contributed by atoms with van der Waals surface area (Å²) in [7, 11) is 0.